The molecule has 1 amide bonds. The second-order valence-corrected chi connectivity index (χ2v) is 4.96. The van der Waals surface area contributed by atoms with Gasteiger partial charge in [0.15, 0.2) is 6.61 Å². The Kier molecular flexibility index (Phi) is 5.91. The highest BCUT2D eigenvalue weighted by atomic mass is 35.5. The van der Waals surface area contributed by atoms with Crippen molar-refractivity contribution < 1.29 is 14.3 Å². The van der Waals surface area contributed by atoms with Gasteiger partial charge in [0.1, 0.15) is 5.69 Å². The van der Waals surface area contributed by atoms with E-state index >= 15 is 0 Å². The maximum atomic E-state index is 11.6. The van der Waals surface area contributed by atoms with Crippen molar-refractivity contribution in [1.29, 1.82) is 0 Å². The first kappa shape index (κ1) is 16.0. The molecule has 1 aromatic carbocycles. The molecule has 1 heterocycles. The summed E-state index contributed by atoms with van der Waals surface area (Å²) in [5, 5.41) is 3.34. The number of nitrogens with one attached hydrogen (secondary N) is 1. The Hall–Kier alpha value is -2.40. The zero-order chi connectivity index (χ0) is 15.8. The van der Waals surface area contributed by atoms with Crippen LogP contribution in [0.3, 0.4) is 0 Å². The molecule has 0 aliphatic carbocycles. The van der Waals surface area contributed by atoms with Crippen LogP contribution in [0, 0.1) is 0 Å². The Morgan fingerprint density at radius 1 is 1.18 bits per heavy atom. The van der Waals surface area contributed by atoms with E-state index in [1.54, 1.807) is 18.2 Å². The largest absolute Gasteiger partial charge is 0.451 e. The second kappa shape index (κ2) is 8.14. The number of aromatic nitrogens is 1. The maximum absolute atomic E-state index is 11.6. The van der Waals surface area contributed by atoms with Gasteiger partial charge in [0.2, 0.25) is 0 Å². The molecular formula is C16H15ClN2O3. The number of carbonyl (C=O) groups is 2. The molecule has 2 aromatic rings. The van der Waals surface area contributed by atoms with Crippen molar-refractivity contribution in [2.24, 2.45) is 0 Å². The zero-order valence-corrected chi connectivity index (χ0v) is 12.5. The van der Waals surface area contributed by atoms with Crippen molar-refractivity contribution in [1.82, 2.24) is 10.3 Å². The third-order valence-electron chi connectivity index (χ3n) is 2.83. The Morgan fingerprint density at radius 3 is 2.77 bits per heavy atom. The second-order valence-electron chi connectivity index (χ2n) is 4.52. The number of halogens is 1. The number of amides is 1. The van der Waals surface area contributed by atoms with Gasteiger partial charge in [-0.3, -0.25) is 4.79 Å². The van der Waals surface area contributed by atoms with E-state index in [2.05, 4.69) is 10.3 Å². The third-order valence-corrected chi connectivity index (χ3v) is 3.07. The number of rotatable bonds is 6. The van der Waals surface area contributed by atoms with Crippen LogP contribution in [0.5, 0.6) is 0 Å². The predicted molar refractivity (Wildman–Crippen MR) is 82.7 cm³/mol. The van der Waals surface area contributed by atoms with Crippen LogP contribution in [0.25, 0.3) is 0 Å². The first-order valence-electron chi connectivity index (χ1n) is 6.74. The van der Waals surface area contributed by atoms with E-state index in [0.717, 1.165) is 5.56 Å². The lowest BCUT2D eigenvalue weighted by Crippen LogP contribution is -2.30. The van der Waals surface area contributed by atoms with Gasteiger partial charge in [-0.1, -0.05) is 29.8 Å². The highest BCUT2D eigenvalue weighted by Gasteiger charge is 2.10. The molecule has 0 atom stereocenters. The number of carbonyl (C=O) groups excluding carboxylic acids is 2. The minimum Gasteiger partial charge on any atom is -0.451 e. The van der Waals surface area contributed by atoms with Crippen LogP contribution < -0.4 is 5.32 Å². The van der Waals surface area contributed by atoms with Crippen LogP contribution in [0.4, 0.5) is 0 Å². The summed E-state index contributed by atoms with van der Waals surface area (Å²) in [6, 6.07) is 12.3. The standard InChI is InChI=1S/C16H15ClN2O3/c17-13-5-3-4-12(10-13)7-9-19-15(20)11-22-16(21)14-6-1-2-8-18-14/h1-6,8,10H,7,9,11H2,(H,19,20). The molecule has 2 rings (SSSR count). The molecule has 6 heteroatoms. The number of esters is 1. The maximum Gasteiger partial charge on any atom is 0.357 e. The Balaban J connectivity index is 1.69. The van der Waals surface area contributed by atoms with Crippen molar-refractivity contribution in [2.75, 3.05) is 13.2 Å². The summed E-state index contributed by atoms with van der Waals surface area (Å²) in [5.41, 5.74) is 1.20. The minimum absolute atomic E-state index is 0.175. The Labute approximate surface area is 133 Å². The van der Waals surface area contributed by atoms with Gasteiger partial charge in [0.05, 0.1) is 0 Å². The van der Waals surface area contributed by atoms with Gasteiger partial charge in [-0.05, 0) is 36.2 Å². The van der Waals surface area contributed by atoms with E-state index in [1.807, 2.05) is 18.2 Å². The third kappa shape index (κ3) is 5.18. The number of hydrogen-bond donors (Lipinski definition) is 1. The number of ether oxygens (including phenoxy) is 1. The Bertz CT molecular complexity index is 647. The summed E-state index contributed by atoms with van der Waals surface area (Å²) in [6.45, 7) is 0.116. The van der Waals surface area contributed by atoms with Gasteiger partial charge >= 0.3 is 5.97 Å². The van der Waals surface area contributed by atoms with Crippen LogP contribution >= 0.6 is 11.6 Å². The molecule has 5 nitrogen and oxygen atoms in total. The molecule has 1 N–H and O–H groups in total. The van der Waals surface area contributed by atoms with E-state index in [0.29, 0.717) is 18.0 Å². The molecule has 0 bridgehead atoms. The van der Waals surface area contributed by atoms with E-state index in [4.69, 9.17) is 16.3 Å². The smallest absolute Gasteiger partial charge is 0.357 e. The number of hydrogen-bond acceptors (Lipinski definition) is 4. The lowest BCUT2D eigenvalue weighted by atomic mass is 10.1. The normalized spacial score (nSPS) is 10.0. The first-order valence-corrected chi connectivity index (χ1v) is 7.12. The molecular weight excluding hydrogens is 304 g/mol. The van der Waals surface area contributed by atoms with Gasteiger partial charge in [0, 0.05) is 17.8 Å². The molecule has 0 saturated carbocycles. The van der Waals surface area contributed by atoms with Crippen molar-refractivity contribution in [3.05, 3.63) is 64.9 Å². The fraction of sp³-hybridized carbons (Fsp3) is 0.188. The predicted octanol–water partition coefficient (Wildman–Crippen LogP) is 2.25. The summed E-state index contributed by atoms with van der Waals surface area (Å²) in [5.74, 6) is -0.975. The van der Waals surface area contributed by atoms with Crippen molar-refractivity contribution in [2.45, 2.75) is 6.42 Å². The summed E-state index contributed by atoms with van der Waals surface area (Å²) >= 11 is 5.88. The number of benzene rings is 1. The summed E-state index contributed by atoms with van der Waals surface area (Å²) in [6.07, 6.45) is 2.14. The van der Waals surface area contributed by atoms with Gasteiger partial charge in [-0.2, -0.15) is 0 Å². The lowest BCUT2D eigenvalue weighted by molar-refractivity contribution is -0.124. The molecule has 22 heavy (non-hydrogen) atoms. The van der Waals surface area contributed by atoms with Crippen LogP contribution in [0.15, 0.2) is 48.7 Å². The fourth-order valence-electron chi connectivity index (χ4n) is 1.78. The van der Waals surface area contributed by atoms with E-state index < -0.39 is 5.97 Å². The summed E-state index contributed by atoms with van der Waals surface area (Å²) < 4.78 is 4.88. The van der Waals surface area contributed by atoms with Crippen LogP contribution in [-0.2, 0) is 16.0 Å². The molecule has 0 fully saturated rings. The molecule has 0 saturated heterocycles. The summed E-state index contributed by atoms with van der Waals surface area (Å²) in [7, 11) is 0. The van der Waals surface area contributed by atoms with E-state index in [9.17, 15) is 9.59 Å². The SMILES string of the molecule is O=C(COC(=O)c1ccccn1)NCCc1cccc(Cl)c1. The van der Waals surface area contributed by atoms with Crippen molar-refractivity contribution in [3.63, 3.8) is 0 Å². The van der Waals surface area contributed by atoms with E-state index in [-0.39, 0.29) is 18.2 Å². The molecule has 0 unspecified atom stereocenters. The summed E-state index contributed by atoms with van der Waals surface area (Å²) in [4.78, 5) is 27.1. The topological polar surface area (TPSA) is 68.3 Å². The molecule has 0 aliphatic heterocycles. The van der Waals surface area contributed by atoms with Gasteiger partial charge in [-0.25, -0.2) is 9.78 Å². The van der Waals surface area contributed by atoms with Crippen LogP contribution in [0.1, 0.15) is 16.1 Å². The molecule has 0 aliphatic rings. The van der Waals surface area contributed by atoms with Crippen LogP contribution in [0.2, 0.25) is 5.02 Å². The van der Waals surface area contributed by atoms with E-state index in [1.165, 1.54) is 12.3 Å². The fourth-order valence-corrected chi connectivity index (χ4v) is 1.99. The lowest BCUT2D eigenvalue weighted by Gasteiger charge is -2.06. The van der Waals surface area contributed by atoms with Crippen LogP contribution in [-0.4, -0.2) is 30.0 Å². The quantitative estimate of drug-likeness (QED) is 0.829. The number of nitrogens with zero attached hydrogens (tertiary/aromatic N) is 1. The van der Waals surface area contributed by atoms with Crippen molar-refractivity contribution >= 4 is 23.5 Å². The minimum atomic E-state index is -0.620. The zero-order valence-electron chi connectivity index (χ0n) is 11.8. The molecule has 0 radical (unpaired) electrons. The highest BCUT2D eigenvalue weighted by molar-refractivity contribution is 6.30. The average molecular weight is 319 g/mol. The Morgan fingerprint density at radius 2 is 2.05 bits per heavy atom. The van der Waals surface area contributed by atoms with Gasteiger partial charge < -0.3 is 10.1 Å². The molecule has 0 spiro atoms. The average Bonchev–Trinajstić information content (AvgIpc) is 2.53. The molecule has 114 valence electrons. The van der Waals surface area contributed by atoms with Crippen molar-refractivity contribution in [3.8, 4) is 0 Å². The van der Waals surface area contributed by atoms with Gasteiger partial charge in [-0.15, -0.1) is 0 Å². The first-order chi connectivity index (χ1) is 10.6. The van der Waals surface area contributed by atoms with Gasteiger partial charge in [0.25, 0.3) is 5.91 Å². The number of pyridine rings is 1. The monoisotopic (exact) mass is 318 g/mol. The highest BCUT2D eigenvalue weighted by Crippen LogP contribution is 2.10. The molecule has 1 aromatic heterocycles.